The number of carboxylic acid groups (broad SMARTS) is 1. The summed E-state index contributed by atoms with van der Waals surface area (Å²) in [5, 5.41) is 13.8. The molecule has 0 aliphatic heterocycles. The van der Waals surface area contributed by atoms with E-state index in [0.29, 0.717) is 6.54 Å². The van der Waals surface area contributed by atoms with Gasteiger partial charge in [0.25, 0.3) is 0 Å². The predicted molar refractivity (Wildman–Crippen MR) is 77.9 cm³/mol. The van der Waals surface area contributed by atoms with Crippen LogP contribution in [0.15, 0.2) is 0 Å². The van der Waals surface area contributed by atoms with E-state index in [0.717, 1.165) is 0 Å². The van der Waals surface area contributed by atoms with E-state index in [1.54, 1.807) is 20.8 Å². The highest BCUT2D eigenvalue weighted by Crippen LogP contribution is 2.08. The van der Waals surface area contributed by atoms with E-state index in [4.69, 9.17) is 9.84 Å². The van der Waals surface area contributed by atoms with Gasteiger partial charge in [-0.1, -0.05) is 13.8 Å². The first kappa shape index (κ1) is 19.2. The van der Waals surface area contributed by atoms with E-state index >= 15 is 0 Å². The second-order valence-corrected chi connectivity index (χ2v) is 6.27. The number of nitrogens with one attached hydrogen (secondary N) is 2. The van der Waals surface area contributed by atoms with Gasteiger partial charge in [-0.3, -0.25) is 9.59 Å². The maximum absolute atomic E-state index is 12.0. The minimum absolute atomic E-state index is 0.0124. The molecule has 0 aromatic rings. The van der Waals surface area contributed by atoms with Crippen molar-refractivity contribution in [2.45, 2.75) is 59.1 Å². The van der Waals surface area contributed by atoms with Gasteiger partial charge in [0.15, 0.2) is 0 Å². The molecule has 0 radical (unpaired) electrons. The van der Waals surface area contributed by atoms with Gasteiger partial charge >= 0.3 is 12.1 Å². The van der Waals surface area contributed by atoms with Gasteiger partial charge < -0.3 is 20.5 Å². The molecule has 0 saturated carbocycles. The molecule has 7 heteroatoms. The third-order valence-electron chi connectivity index (χ3n) is 2.34. The van der Waals surface area contributed by atoms with Gasteiger partial charge in [0, 0.05) is 13.0 Å². The topological polar surface area (TPSA) is 105 Å². The van der Waals surface area contributed by atoms with Crippen molar-refractivity contribution in [3.63, 3.8) is 0 Å². The third kappa shape index (κ3) is 10.6. The highest BCUT2D eigenvalue weighted by Gasteiger charge is 2.24. The monoisotopic (exact) mass is 302 g/mol. The fourth-order valence-electron chi connectivity index (χ4n) is 1.41. The molecule has 0 fully saturated rings. The number of amides is 2. The molecule has 0 aromatic carbocycles. The molecule has 0 bridgehead atoms. The van der Waals surface area contributed by atoms with Crippen molar-refractivity contribution in [3.05, 3.63) is 0 Å². The van der Waals surface area contributed by atoms with Crippen LogP contribution in [0.1, 0.15) is 47.5 Å². The lowest BCUT2D eigenvalue weighted by molar-refractivity contribution is -0.137. The van der Waals surface area contributed by atoms with Crippen LogP contribution in [0.5, 0.6) is 0 Å². The van der Waals surface area contributed by atoms with Crippen LogP contribution in [-0.4, -0.2) is 41.3 Å². The SMILES string of the molecule is CC(C)CNC(=O)C(CCC(=O)O)NC(=O)OC(C)(C)C. The van der Waals surface area contributed by atoms with E-state index in [-0.39, 0.29) is 18.8 Å². The van der Waals surface area contributed by atoms with Gasteiger partial charge in [-0.15, -0.1) is 0 Å². The van der Waals surface area contributed by atoms with Crippen molar-refractivity contribution in [2.24, 2.45) is 5.92 Å². The molecule has 0 heterocycles. The average Bonchev–Trinajstić information content (AvgIpc) is 2.28. The largest absolute Gasteiger partial charge is 0.481 e. The number of carboxylic acids is 1. The third-order valence-corrected chi connectivity index (χ3v) is 2.34. The summed E-state index contributed by atoms with van der Waals surface area (Å²) in [6.07, 6.45) is -0.939. The Morgan fingerprint density at radius 2 is 1.76 bits per heavy atom. The van der Waals surface area contributed by atoms with Crippen LogP contribution in [0.4, 0.5) is 4.79 Å². The zero-order valence-corrected chi connectivity index (χ0v) is 13.4. The Labute approximate surface area is 125 Å². The van der Waals surface area contributed by atoms with Crippen molar-refractivity contribution in [2.75, 3.05) is 6.54 Å². The van der Waals surface area contributed by atoms with Crippen LogP contribution < -0.4 is 10.6 Å². The van der Waals surface area contributed by atoms with Crippen LogP contribution in [0, 0.1) is 5.92 Å². The highest BCUT2D eigenvalue weighted by molar-refractivity contribution is 5.86. The molecule has 0 aliphatic rings. The van der Waals surface area contributed by atoms with E-state index in [1.165, 1.54) is 0 Å². The Kier molecular flexibility index (Phi) is 7.76. The van der Waals surface area contributed by atoms with Gasteiger partial charge in [0.2, 0.25) is 5.91 Å². The molecular formula is C14H26N2O5. The lowest BCUT2D eigenvalue weighted by Crippen LogP contribution is -2.49. The van der Waals surface area contributed by atoms with E-state index in [1.807, 2.05) is 13.8 Å². The molecule has 0 aliphatic carbocycles. The van der Waals surface area contributed by atoms with E-state index in [9.17, 15) is 14.4 Å². The number of carbonyl (C=O) groups is 3. The first-order valence-electron chi connectivity index (χ1n) is 7.00. The number of carbonyl (C=O) groups excluding carboxylic acids is 2. The smallest absolute Gasteiger partial charge is 0.408 e. The summed E-state index contributed by atoms with van der Waals surface area (Å²) in [6, 6.07) is -0.922. The Balaban J connectivity index is 4.61. The summed E-state index contributed by atoms with van der Waals surface area (Å²) in [7, 11) is 0. The van der Waals surface area contributed by atoms with Crippen molar-refractivity contribution < 1.29 is 24.2 Å². The maximum Gasteiger partial charge on any atom is 0.408 e. The first-order chi connectivity index (χ1) is 9.51. The fraction of sp³-hybridized carbons (Fsp3) is 0.786. The minimum atomic E-state index is -1.03. The molecule has 3 N–H and O–H groups in total. The van der Waals surface area contributed by atoms with Gasteiger partial charge in [0.05, 0.1) is 0 Å². The number of hydrogen-bond acceptors (Lipinski definition) is 4. The number of alkyl carbamates (subject to hydrolysis) is 1. The summed E-state index contributed by atoms with van der Waals surface area (Å²) < 4.78 is 5.07. The second kappa shape index (κ2) is 8.49. The zero-order chi connectivity index (χ0) is 16.6. The standard InChI is InChI=1S/C14H26N2O5/c1-9(2)8-15-12(19)10(6-7-11(17)18)16-13(20)21-14(3,4)5/h9-10H,6-8H2,1-5H3,(H,15,19)(H,16,20)(H,17,18). The highest BCUT2D eigenvalue weighted by atomic mass is 16.6. The normalized spacial score (nSPS) is 12.7. The van der Waals surface area contributed by atoms with Gasteiger partial charge in [-0.2, -0.15) is 0 Å². The minimum Gasteiger partial charge on any atom is -0.481 e. The zero-order valence-electron chi connectivity index (χ0n) is 13.4. The van der Waals surface area contributed by atoms with Crippen molar-refractivity contribution in [1.82, 2.24) is 10.6 Å². The molecule has 122 valence electrons. The number of rotatable bonds is 7. The van der Waals surface area contributed by atoms with Crippen LogP contribution in [-0.2, 0) is 14.3 Å². The summed E-state index contributed by atoms with van der Waals surface area (Å²) in [4.78, 5) is 34.3. The molecule has 0 spiro atoms. The van der Waals surface area contributed by atoms with Crippen molar-refractivity contribution in [3.8, 4) is 0 Å². The van der Waals surface area contributed by atoms with Gasteiger partial charge in [0.1, 0.15) is 11.6 Å². The van der Waals surface area contributed by atoms with Crippen molar-refractivity contribution in [1.29, 1.82) is 0 Å². The van der Waals surface area contributed by atoms with Crippen LogP contribution in [0.25, 0.3) is 0 Å². The van der Waals surface area contributed by atoms with Crippen molar-refractivity contribution >= 4 is 18.0 Å². The van der Waals surface area contributed by atoms with Crippen LogP contribution in [0.2, 0.25) is 0 Å². The van der Waals surface area contributed by atoms with Crippen LogP contribution >= 0.6 is 0 Å². The molecule has 0 aromatic heterocycles. The molecular weight excluding hydrogens is 276 g/mol. The lowest BCUT2D eigenvalue weighted by Gasteiger charge is -2.23. The maximum atomic E-state index is 12.0. The van der Waals surface area contributed by atoms with Gasteiger partial charge in [-0.25, -0.2) is 4.79 Å². The van der Waals surface area contributed by atoms with Crippen LogP contribution in [0.3, 0.4) is 0 Å². The number of hydrogen-bond donors (Lipinski definition) is 3. The first-order valence-corrected chi connectivity index (χ1v) is 7.00. The Bertz CT molecular complexity index is 374. The lowest BCUT2D eigenvalue weighted by atomic mass is 10.1. The Hall–Kier alpha value is -1.79. The summed E-state index contributed by atoms with van der Waals surface area (Å²) in [5.74, 6) is -1.17. The average molecular weight is 302 g/mol. The quantitative estimate of drug-likeness (QED) is 0.661. The Morgan fingerprint density at radius 3 is 2.19 bits per heavy atom. The molecule has 2 amide bonds. The molecule has 7 nitrogen and oxygen atoms in total. The molecule has 1 atom stereocenters. The second-order valence-electron chi connectivity index (χ2n) is 6.27. The number of aliphatic carboxylic acids is 1. The molecule has 21 heavy (non-hydrogen) atoms. The molecule has 0 saturated heterocycles. The van der Waals surface area contributed by atoms with Gasteiger partial charge in [-0.05, 0) is 33.1 Å². The van der Waals surface area contributed by atoms with E-state index < -0.39 is 29.6 Å². The summed E-state index contributed by atoms with van der Waals surface area (Å²) in [6.45, 7) is 9.45. The summed E-state index contributed by atoms with van der Waals surface area (Å²) in [5.41, 5.74) is -0.685. The summed E-state index contributed by atoms with van der Waals surface area (Å²) >= 11 is 0. The molecule has 0 rings (SSSR count). The predicted octanol–water partition coefficient (Wildman–Crippen LogP) is 1.52. The fourth-order valence-corrected chi connectivity index (χ4v) is 1.41. The molecule has 1 unspecified atom stereocenters. The number of ether oxygens (including phenoxy) is 1. The van der Waals surface area contributed by atoms with E-state index in [2.05, 4.69) is 10.6 Å². The Morgan fingerprint density at radius 1 is 1.19 bits per heavy atom.